The number of ether oxygens (including phenoxy) is 2. The zero-order valence-electron chi connectivity index (χ0n) is 22.9. The van der Waals surface area contributed by atoms with E-state index >= 15 is 8.78 Å². The van der Waals surface area contributed by atoms with Gasteiger partial charge in [-0.05, 0) is 47.4 Å². The lowest BCUT2D eigenvalue weighted by molar-refractivity contribution is 0.166. The molecule has 1 atom stereocenters. The van der Waals surface area contributed by atoms with Crippen molar-refractivity contribution >= 4 is 23.1 Å². The Hall–Kier alpha value is -4.07. The van der Waals surface area contributed by atoms with Crippen molar-refractivity contribution in [3.05, 3.63) is 98.4 Å². The van der Waals surface area contributed by atoms with Crippen LogP contribution < -0.4 is 10.4 Å². The van der Waals surface area contributed by atoms with E-state index in [2.05, 4.69) is 24.5 Å². The van der Waals surface area contributed by atoms with Crippen LogP contribution in [-0.2, 0) is 17.8 Å². The number of aromatic amines is 1. The number of aromatic nitrogens is 6. The summed E-state index contributed by atoms with van der Waals surface area (Å²) in [6, 6.07) is 10.8. The molecule has 14 heteroatoms. The van der Waals surface area contributed by atoms with E-state index in [4.69, 9.17) is 21.1 Å². The number of nitrogens with zero attached hydrogens (tertiary/aromatic N) is 5. The zero-order chi connectivity index (χ0) is 30.3. The Morgan fingerprint density at radius 2 is 1.88 bits per heavy atom. The molecule has 1 fully saturated rings. The topological polar surface area (TPSA) is 108 Å². The third kappa shape index (κ3) is 5.92. The van der Waals surface area contributed by atoms with Gasteiger partial charge in [0.25, 0.3) is 0 Å². The van der Waals surface area contributed by atoms with Gasteiger partial charge >= 0.3 is 5.69 Å². The van der Waals surface area contributed by atoms with Crippen LogP contribution in [0.1, 0.15) is 36.8 Å². The average Bonchev–Trinajstić information content (AvgIpc) is 3.67. The maximum absolute atomic E-state index is 15.5. The number of hydrogen-bond donors (Lipinski definition) is 1. The van der Waals surface area contributed by atoms with Crippen LogP contribution in [0.25, 0.3) is 22.1 Å². The Morgan fingerprint density at radius 3 is 2.60 bits per heavy atom. The third-order valence-electron chi connectivity index (χ3n) is 7.23. The molecule has 0 radical (unpaired) electrons. The van der Waals surface area contributed by atoms with Gasteiger partial charge in [0.15, 0.2) is 10.8 Å². The number of rotatable bonds is 8. The van der Waals surface area contributed by atoms with Gasteiger partial charge in [-0.25, -0.2) is 22.9 Å². The minimum atomic E-state index is -0.703. The molecule has 1 aliphatic heterocycles. The van der Waals surface area contributed by atoms with E-state index in [1.807, 2.05) is 13.8 Å². The quantitative estimate of drug-likeness (QED) is 0.225. The molecule has 0 saturated carbocycles. The van der Waals surface area contributed by atoms with Crippen molar-refractivity contribution in [3.8, 4) is 28.0 Å². The smallest absolute Gasteiger partial charge is 0.355 e. The largest absolute Gasteiger partial charge is 0.473 e. The van der Waals surface area contributed by atoms with Gasteiger partial charge in [-0.1, -0.05) is 37.6 Å². The minimum Gasteiger partial charge on any atom is -0.473 e. The van der Waals surface area contributed by atoms with Crippen molar-refractivity contribution in [3.63, 3.8) is 0 Å². The Morgan fingerprint density at radius 1 is 1.07 bits per heavy atom. The van der Waals surface area contributed by atoms with Crippen molar-refractivity contribution < 1.29 is 22.6 Å². The molecule has 0 spiro atoms. The summed E-state index contributed by atoms with van der Waals surface area (Å²) in [5.41, 5.74) is -0.443. The molecule has 1 saturated heterocycles. The van der Waals surface area contributed by atoms with Crippen LogP contribution in [0.3, 0.4) is 0 Å². The molecule has 2 aromatic carbocycles. The highest BCUT2D eigenvalue weighted by Gasteiger charge is 2.40. The second-order valence-corrected chi connectivity index (χ2v) is 12.0. The predicted molar refractivity (Wildman–Crippen MR) is 154 cm³/mol. The standard InChI is InChI=1S/C29H24ClF3N6O3S/c1-29(2)14-41-13-23(29)39-24(36-37-26(39)27-35-28(40)38-43-27)9-16-8-21(33)18(11-20(16)32)22-4-3-5-25(34-22)42-12-15-6-7-17(30)10-19(15)31/h3-8,10-11,23H,9,12-14H2,1-2H3,(H,38,40)/t23-/m0/s1. The lowest BCUT2D eigenvalue weighted by Gasteiger charge is -2.27. The van der Waals surface area contributed by atoms with Crippen molar-refractivity contribution in [1.29, 1.82) is 0 Å². The fourth-order valence-corrected chi connectivity index (χ4v) is 5.70. The fourth-order valence-electron chi connectivity index (χ4n) is 4.95. The Bertz CT molecular complexity index is 1870. The fraction of sp³-hybridized carbons (Fsp3) is 0.276. The maximum atomic E-state index is 15.5. The van der Waals surface area contributed by atoms with Gasteiger partial charge in [-0.2, -0.15) is 4.98 Å². The summed E-state index contributed by atoms with van der Waals surface area (Å²) in [5.74, 6) is -1.08. The highest BCUT2D eigenvalue weighted by atomic mass is 35.5. The summed E-state index contributed by atoms with van der Waals surface area (Å²) in [6.45, 7) is 4.76. The van der Waals surface area contributed by atoms with Crippen LogP contribution in [0.5, 0.6) is 5.88 Å². The minimum absolute atomic E-state index is 0.0546. The molecule has 0 unspecified atom stereocenters. The molecule has 0 amide bonds. The molecule has 1 N–H and O–H groups in total. The Kier molecular flexibility index (Phi) is 7.79. The van der Waals surface area contributed by atoms with Crippen molar-refractivity contribution in [2.45, 2.75) is 32.9 Å². The van der Waals surface area contributed by atoms with Crippen LogP contribution in [0.15, 0.2) is 53.3 Å². The van der Waals surface area contributed by atoms with Gasteiger partial charge in [0.1, 0.15) is 29.9 Å². The number of halogens is 4. The first kappa shape index (κ1) is 29.0. The summed E-state index contributed by atoms with van der Waals surface area (Å²) < 4.78 is 60.8. The Balaban J connectivity index is 1.28. The van der Waals surface area contributed by atoms with Gasteiger partial charge < -0.3 is 14.0 Å². The lowest BCUT2D eigenvalue weighted by Crippen LogP contribution is -2.27. The van der Waals surface area contributed by atoms with Gasteiger partial charge in [0.2, 0.25) is 5.88 Å². The molecule has 1 aliphatic rings. The molecule has 9 nitrogen and oxygen atoms in total. The Labute approximate surface area is 252 Å². The number of hydrogen-bond acceptors (Lipinski definition) is 8. The molecule has 4 heterocycles. The molecule has 3 aromatic heterocycles. The molecule has 0 bridgehead atoms. The van der Waals surface area contributed by atoms with Crippen LogP contribution in [0.4, 0.5) is 13.2 Å². The zero-order valence-corrected chi connectivity index (χ0v) is 24.5. The molecule has 43 heavy (non-hydrogen) atoms. The second-order valence-electron chi connectivity index (χ2n) is 10.7. The molecular formula is C29H24ClF3N6O3S. The second kappa shape index (κ2) is 11.5. The molecular weight excluding hydrogens is 605 g/mol. The van der Waals surface area contributed by atoms with Gasteiger partial charge in [0, 0.05) is 34.1 Å². The SMILES string of the molecule is CC1(C)COC[C@@H]1n1c(Cc2cc(F)c(-c3cccc(OCc4ccc(Cl)cc4F)n3)cc2F)nnc1-c1nc(=O)[nH]s1. The first-order valence-electron chi connectivity index (χ1n) is 13.2. The van der Waals surface area contributed by atoms with E-state index < -0.39 is 23.1 Å². The first-order chi connectivity index (χ1) is 20.6. The number of H-pyrrole nitrogens is 1. The van der Waals surface area contributed by atoms with Crippen LogP contribution in [-0.4, -0.2) is 42.3 Å². The highest BCUT2D eigenvalue weighted by Crippen LogP contribution is 2.40. The third-order valence-corrected chi connectivity index (χ3v) is 8.21. The average molecular weight is 629 g/mol. The van der Waals surface area contributed by atoms with Gasteiger partial charge in [-0.3, -0.25) is 4.37 Å². The van der Waals surface area contributed by atoms with Crippen molar-refractivity contribution in [1.82, 2.24) is 29.1 Å². The van der Waals surface area contributed by atoms with E-state index in [1.54, 1.807) is 16.7 Å². The highest BCUT2D eigenvalue weighted by molar-refractivity contribution is 7.08. The first-order valence-corrected chi connectivity index (χ1v) is 14.4. The van der Waals surface area contributed by atoms with E-state index in [1.165, 1.54) is 24.3 Å². The molecule has 5 aromatic rings. The molecule has 6 rings (SSSR count). The summed E-state index contributed by atoms with van der Waals surface area (Å²) in [5, 5.41) is 9.13. The molecule has 0 aliphatic carbocycles. The van der Waals surface area contributed by atoms with Gasteiger partial charge in [0.05, 0.1) is 24.9 Å². The van der Waals surface area contributed by atoms with Crippen molar-refractivity contribution in [2.24, 2.45) is 5.41 Å². The van der Waals surface area contributed by atoms with E-state index in [0.717, 1.165) is 23.7 Å². The number of benzene rings is 2. The van der Waals surface area contributed by atoms with Gasteiger partial charge in [-0.15, -0.1) is 10.2 Å². The maximum Gasteiger partial charge on any atom is 0.355 e. The number of pyridine rings is 1. The van der Waals surface area contributed by atoms with Crippen molar-refractivity contribution in [2.75, 3.05) is 13.2 Å². The number of nitrogens with one attached hydrogen (secondary N) is 1. The summed E-state index contributed by atoms with van der Waals surface area (Å²) in [7, 11) is 0. The summed E-state index contributed by atoms with van der Waals surface area (Å²) >= 11 is 6.81. The van der Waals surface area contributed by atoms with Crippen LogP contribution >= 0.6 is 23.1 Å². The summed E-state index contributed by atoms with van der Waals surface area (Å²) in [6.07, 6.45) is -0.0782. The lowest BCUT2D eigenvalue weighted by atomic mass is 9.87. The van der Waals surface area contributed by atoms with E-state index in [-0.39, 0.29) is 57.8 Å². The van der Waals surface area contributed by atoms with E-state index in [0.29, 0.717) is 29.9 Å². The van der Waals surface area contributed by atoms with Crippen LogP contribution in [0, 0.1) is 22.9 Å². The van der Waals surface area contributed by atoms with Crippen LogP contribution in [0.2, 0.25) is 5.02 Å². The molecule has 222 valence electrons. The normalized spacial score (nSPS) is 16.1. The predicted octanol–water partition coefficient (Wildman–Crippen LogP) is 5.99. The monoisotopic (exact) mass is 628 g/mol. The summed E-state index contributed by atoms with van der Waals surface area (Å²) in [4.78, 5) is 20.0. The van der Waals surface area contributed by atoms with E-state index in [9.17, 15) is 9.18 Å².